The summed E-state index contributed by atoms with van der Waals surface area (Å²) in [7, 11) is 0. The monoisotopic (exact) mass is 502 g/mol. The van der Waals surface area contributed by atoms with Crippen molar-refractivity contribution in [3.8, 4) is 23.2 Å². The van der Waals surface area contributed by atoms with Gasteiger partial charge in [0.1, 0.15) is 17.3 Å². The summed E-state index contributed by atoms with van der Waals surface area (Å²) in [6, 6.07) is 15.7. The van der Waals surface area contributed by atoms with E-state index in [0.29, 0.717) is 32.2 Å². The summed E-state index contributed by atoms with van der Waals surface area (Å²) in [5, 5.41) is 17.0. The maximum absolute atomic E-state index is 12.7. The van der Waals surface area contributed by atoms with Crippen LogP contribution in [0.15, 0.2) is 42.5 Å². The fraction of sp³-hybridized carbons (Fsp3) is 0.407. The van der Waals surface area contributed by atoms with Crippen molar-refractivity contribution in [1.29, 1.82) is 5.26 Å². The number of amides is 1. The van der Waals surface area contributed by atoms with Crippen LogP contribution in [0.25, 0.3) is 11.3 Å². The predicted molar refractivity (Wildman–Crippen MR) is 142 cm³/mol. The molecule has 194 valence electrons. The van der Waals surface area contributed by atoms with E-state index in [-0.39, 0.29) is 28.7 Å². The van der Waals surface area contributed by atoms with Gasteiger partial charge in [-0.05, 0) is 50.9 Å². The molecule has 1 amide bonds. The minimum absolute atomic E-state index is 0.0905. The first kappa shape index (κ1) is 26.1. The summed E-state index contributed by atoms with van der Waals surface area (Å²) in [6.45, 7) is 6.57. The molecule has 5 N–H and O–H groups in total. The normalized spacial score (nSPS) is 14.3. The number of nitrogens with two attached hydrogens (primary N) is 2. The molecule has 3 aromatic rings. The highest BCUT2D eigenvalue weighted by atomic mass is 16.5. The van der Waals surface area contributed by atoms with Crippen LogP contribution < -0.4 is 21.5 Å². The zero-order chi connectivity index (χ0) is 26.2. The van der Waals surface area contributed by atoms with Gasteiger partial charge in [-0.25, -0.2) is 4.98 Å². The lowest BCUT2D eigenvalue weighted by molar-refractivity contribution is 0.0928. The highest BCUT2D eigenvalue weighted by Crippen LogP contribution is 2.24. The second-order valence-corrected chi connectivity index (χ2v) is 9.15. The summed E-state index contributed by atoms with van der Waals surface area (Å²) < 4.78 is 7.41. The van der Waals surface area contributed by atoms with Gasteiger partial charge in [0.25, 0.3) is 5.91 Å². The number of likely N-dealkylation sites (tertiary alicyclic amines) is 1. The molecule has 1 aliphatic heterocycles. The number of carbonyl (C=O) groups is 1. The van der Waals surface area contributed by atoms with Gasteiger partial charge in [0.05, 0.1) is 30.2 Å². The molecule has 0 saturated carbocycles. The molecule has 1 aliphatic rings. The average Bonchev–Trinajstić information content (AvgIpc) is 3.31. The first-order valence-corrected chi connectivity index (χ1v) is 12.7. The second kappa shape index (κ2) is 12.3. The van der Waals surface area contributed by atoms with Gasteiger partial charge in [-0.3, -0.25) is 14.4 Å². The molecule has 0 aliphatic carbocycles. The van der Waals surface area contributed by atoms with Crippen LogP contribution in [0.2, 0.25) is 0 Å². The van der Waals surface area contributed by atoms with Crippen LogP contribution in [0.1, 0.15) is 41.5 Å². The van der Waals surface area contributed by atoms with E-state index in [9.17, 15) is 10.1 Å². The molecule has 1 saturated heterocycles. The van der Waals surface area contributed by atoms with Crippen LogP contribution in [0, 0.1) is 17.2 Å². The number of anilines is 1. The summed E-state index contributed by atoms with van der Waals surface area (Å²) in [5.74, 6) is 0.141. The molecule has 3 heterocycles. The number of nitrogens with one attached hydrogen (secondary N) is 1. The highest BCUT2D eigenvalue weighted by Gasteiger charge is 2.23. The van der Waals surface area contributed by atoms with Crippen molar-refractivity contribution in [2.45, 2.75) is 32.9 Å². The quantitative estimate of drug-likeness (QED) is 0.383. The van der Waals surface area contributed by atoms with Crippen molar-refractivity contribution in [3.05, 3.63) is 59.4 Å². The number of nitrogen functional groups attached to an aromatic ring is 1. The standard InChI is InChI=1S/C27H34N8O2/c1-2-37-27-22(16-29)23(30)15-25(32-27)26(36)31-17-19-8-11-34(12-9-19)18-21-14-24(33-35(21)13-10-28)20-6-4-3-5-7-20/h3-7,14-15,19H,2,8-13,17-18,28H2,1H3,(H2,30,32)(H,31,36). The number of pyridine rings is 1. The largest absolute Gasteiger partial charge is 0.477 e. The first-order chi connectivity index (χ1) is 18.0. The topological polar surface area (TPSA) is 148 Å². The molecule has 1 aromatic carbocycles. The number of aromatic nitrogens is 3. The SMILES string of the molecule is CCOc1nc(C(=O)NCC2CCN(Cc3cc(-c4ccccc4)nn3CCN)CC2)cc(N)c1C#N. The van der Waals surface area contributed by atoms with Gasteiger partial charge in [-0.15, -0.1) is 0 Å². The zero-order valence-electron chi connectivity index (χ0n) is 21.2. The average molecular weight is 503 g/mol. The molecule has 0 radical (unpaired) electrons. The third kappa shape index (κ3) is 6.44. The van der Waals surface area contributed by atoms with Crippen molar-refractivity contribution in [3.63, 3.8) is 0 Å². The number of rotatable bonds is 10. The van der Waals surface area contributed by atoms with Crippen molar-refractivity contribution in [2.24, 2.45) is 11.7 Å². The summed E-state index contributed by atoms with van der Waals surface area (Å²) >= 11 is 0. The van der Waals surface area contributed by atoms with Crippen molar-refractivity contribution >= 4 is 11.6 Å². The van der Waals surface area contributed by atoms with Crippen LogP contribution in [0.3, 0.4) is 0 Å². The molecule has 10 heteroatoms. The van der Waals surface area contributed by atoms with Crippen molar-refractivity contribution < 1.29 is 9.53 Å². The molecule has 1 fully saturated rings. The van der Waals surface area contributed by atoms with Gasteiger partial charge >= 0.3 is 0 Å². The maximum Gasteiger partial charge on any atom is 0.270 e. The second-order valence-electron chi connectivity index (χ2n) is 9.15. The summed E-state index contributed by atoms with van der Waals surface area (Å²) in [6.07, 6.45) is 1.95. The van der Waals surface area contributed by atoms with Gasteiger partial charge in [0.2, 0.25) is 5.88 Å². The summed E-state index contributed by atoms with van der Waals surface area (Å²) in [5.41, 5.74) is 15.5. The number of piperidine rings is 1. The van der Waals surface area contributed by atoms with Crippen LogP contribution >= 0.6 is 0 Å². The Balaban J connectivity index is 1.31. The number of hydrogen-bond acceptors (Lipinski definition) is 8. The Kier molecular flexibility index (Phi) is 8.72. The van der Waals surface area contributed by atoms with Crippen LogP contribution in [0.5, 0.6) is 5.88 Å². The van der Waals surface area contributed by atoms with Gasteiger partial charge in [0.15, 0.2) is 0 Å². The molecule has 0 atom stereocenters. The number of benzene rings is 1. The maximum atomic E-state index is 12.7. The molecule has 4 rings (SSSR count). The third-order valence-electron chi connectivity index (χ3n) is 6.56. The number of hydrogen-bond donors (Lipinski definition) is 3. The van der Waals surface area contributed by atoms with Crippen LogP contribution in [-0.2, 0) is 13.1 Å². The highest BCUT2D eigenvalue weighted by molar-refractivity contribution is 5.93. The lowest BCUT2D eigenvalue weighted by Gasteiger charge is -2.32. The molecular weight excluding hydrogens is 468 g/mol. The Hall–Kier alpha value is -3.94. The molecular formula is C27H34N8O2. The summed E-state index contributed by atoms with van der Waals surface area (Å²) in [4.78, 5) is 19.3. The lowest BCUT2D eigenvalue weighted by Crippen LogP contribution is -2.39. The fourth-order valence-electron chi connectivity index (χ4n) is 4.56. The van der Waals surface area contributed by atoms with E-state index < -0.39 is 0 Å². The van der Waals surface area contributed by atoms with E-state index in [1.807, 2.05) is 29.0 Å². The van der Waals surface area contributed by atoms with Crippen molar-refractivity contribution in [1.82, 2.24) is 25.0 Å². The number of ether oxygens (including phenoxy) is 1. The Morgan fingerprint density at radius 1 is 1.24 bits per heavy atom. The third-order valence-corrected chi connectivity index (χ3v) is 6.56. The van der Waals surface area contributed by atoms with Gasteiger partial charge in [-0.2, -0.15) is 10.4 Å². The Labute approximate surface area is 217 Å². The first-order valence-electron chi connectivity index (χ1n) is 12.7. The Morgan fingerprint density at radius 2 is 2.00 bits per heavy atom. The fourth-order valence-corrected chi connectivity index (χ4v) is 4.56. The molecule has 0 bridgehead atoms. The lowest BCUT2D eigenvalue weighted by atomic mass is 9.96. The predicted octanol–water partition coefficient (Wildman–Crippen LogP) is 2.40. The van der Waals surface area contributed by atoms with Gasteiger partial charge in [-0.1, -0.05) is 30.3 Å². The van der Waals surface area contributed by atoms with E-state index in [1.54, 1.807) is 6.92 Å². The molecule has 0 unspecified atom stereocenters. The number of nitriles is 1. The van der Waals surface area contributed by atoms with E-state index >= 15 is 0 Å². The zero-order valence-corrected chi connectivity index (χ0v) is 21.2. The van der Waals surface area contributed by atoms with Crippen molar-refractivity contribution in [2.75, 3.05) is 38.5 Å². The Bertz CT molecular complexity index is 1240. The smallest absolute Gasteiger partial charge is 0.270 e. The molecule has 0 spiro atoms. The Morgan fingerprint density at radius 3 is 2.68 bits per heavy atom. The number of carbonyl (C=O) groups excluding carboxylic acids is 1. The van der Waals surface area contributed by atoms with Gasteiger partial charge < -0.3 is 21.5 Å². The van der Waals surface area contributed by atoms with Crippen LogP contribution in [0.4, 0.5) is 5.69 Å². The van der Waals surface area contributed by atoms with E-state index in [0.717, 1.165) is 49.4 Å². The van der Waals surface area contributed by atoms with E-state index in [1.165, 1.54) is 6.07 Å². The minimum atomic E-state index is -0.321. The van der Waals surface area contributed by atoms with E-state index in [2.05, 4.69) is 33.4 Å². The number of nitrogens with zero attached hydrogens (tertiary/aromatic N) is 5. The van der Waals surface area contributed by atoms with Gasteiger partial charge in [0, 0.05) is 25.2 Å². The molecule has 2 aromatic heterocycles. The molecule has 37 heavy (non-hydrogen) atoms. The molecule has 10 nitrogen and oxygen atoms in total. The minimum Gasteiger partial charge on any atom is -0.477 e. The van der Waals surface area contributed by atoms with Crippen LogP contribution in [-0.4, -0.2) is 58.4 Å². The van der Waals surface area contributed by atoms with E-state index in [4.69, 9.17) is 21.3 Å².